The van der Waals surface area contributed by atoms with Crippen LogP contribution in [0, 0.1) is 11.3 Å². The van der Waals surface area contributed by atoms with Crippen molar-refractivity contribution in [1.82, 2.24) is 0 Å². The van der Waals surface area contributed by atoms with Crippen LogP contribution in [0.3, 0.4) is 0 Å². The Labute approximate surface area is 132 Å². The van der Waals surface area contributed by atoms with Gasteiger partial charge in [-0.25, -0.2) is 0 Å². The molecule has 1 aromatic rings. The minimum absolute atomic E-state index is 0.218. The Morgan fingerprint density at radius 2 is 1.91 bits per heavy atom. The molecule has 1 aromatic carbocycles. The Morgan fingerprint density at radius 3 is 2.68 bits per heavy atom. The predicted octanol–water partition coefficient (Wildman–Crippen LogP) is 3.29. The van der Waals surface area contributed by atoms with E-state index in [1.54, 1.807) is 6.07 Å². The van der Waals surface area contributed by atoms with Crippen LogP contribution in [0.1, 0.15) is 68.9 Å². The van der Waals surface area contributed by atoms with Crippen LogP contribution < -0.4 is 0 Å². The highest BCUT2D eigenvalue weighted by Gasteiger charge is 2.64. The summed E-state index contributed by atoms with van der Waals surface area (Å²) in [7, 11) is 0. The third-order valence-electron chi connectivity index (χ3n) is 7.21. The molecule has 0 aromatic heterocycles. The van der Waals surface area contributed by atoms with Gasteiger partial charge in [0.1, 0.15) is 5.75 Å². The Morgan fingerprint density at radius 1 is 1.14 bits per heavy atom. The third kappa shape index (κ3) is 1.64. The summed E-state index contributed by atoms with van der Waals surface area (Å²) in [4.78, 5) is 0. The topological polar surface area (TPSA) is 60.7 Å². The first-order valence-corrected chi connectivity index (χ1v) is 8.60. The van der Waals surface area contributed by atoms with Gasteiger partial charge in [0.05, 0.1) is 11.7 Å². The lowest BCUT2D eigenvalue weighted by molar-refractivity contribution is -0.164. The van der Waals surface area contributed by atoms with E-state index in [0.29, 0.717) is 30.4 Å². The fourth-order valence-corrected chi connectivity index (χ4v) is 5.80. The van der Waals surface area contributed by atoms with Gasteiger partial charge in [0.2, 0.25) is 0 Å². The van der Waals surface area contributed by atoms with E-state index in [4.69, 9.17) is 0 Å². The van der Waals surface area contributed by atoms with Crippen LogP contribution in [0.2, 0.25) is 0 Å². The minimum atomic E-state index is -0.751. The Bertz CT molecular complexity index is 613. The second-order valence-corrected chi connectivity index (χ2v) is 8.10. The van der Waals surface area contributed by atoms with Crippen molar-refractivity contribution in [3.63, 3.8) is 0 Å². The SMILES string of the molecule is C[C@@H]1C[C@@H]2[C@H](CC[C@]3(C)C(O)CC[C@@]23O)c2ccc(O)cc21. The lowest BCUT2D eigenvalue weighted by Gasteiger charge is -2.56. The average Bonchev–Trinajstić information content (AvgIpc) is 2.73. The molecule has 3 nitrogen and oxygen atoms in total. The molecule has 3 N–H and O–H groups in total. The highest BCUT2D eigenvalue weighted by Crippen LogP contribution is 2.64. The van der Waals surface area contributed by atoms with Gasteiger partial charge in [0.15, 0.2) is 0 Å². The van der Waals surface area contributed by atoms with Gasteiger partial charge in [-0.1, -0.05) is 19.9 Å². The predicted molar refractivity (Wildman–Crippen MR) is 84.9 cm³/mol. The van der Waals surface area contributed by atoms with Gasteiger partial charge in [-0.2, -0.15) is 0 Å². The van der Waals surface area contributed by atoms with E-state index in [0.717, 1.165) is 19.3 Å². The van der Waals surface area contributed by atoms with Crippen molar-refractivity contribution in [2.45, 2.75) is 69.5 Å². The number of phenolic OH excluding ortho intramolecular Hbond substituents is 1. The van der Waals surface area contributed by atoms with Gasteiger partial charge in [-0.3, -0.25) is 0 Å². The molecule has 0 heterocycles. The standard InChI is InChI=1S/C19H26O3/c1-11-9-16-14(13-4-3-12(20)10-15(11)13)5-7-18(2)17(21)6-8-19(16,18)22/h3-4,10-11,14,16-17,20-22H,5-9H2,1-2H3/t11-,14-,16-,17?,18-,19-/m1/s1. The minimum Gasteiger partial charge on any atom is -0.508 e. The summed E-state index contributed by atoms with van der Waals surface area (Å²) < 4.78 is 0. The summed E-state index contributed by atoms with van der Waals surface area (Å²) in [5.74, 6) is 1.25. The van der Waals surface area contributed by atoms with Crippen LogP contribution in [0.4, 0.5) is 0 Å². The maximum absolute atomic E-state index is 11.5. The fraction of sp³-hybridized carbons (Fsp3) is 0.684. The number of aliphatic hydroxyl groups excluding tert-OH is 1. The first kappa shape index (κ1) is 14.5. The number of hydrogen-bond acceptors (Lipinski definition) is 3. The number of hydrogen-bond donors (Lipinski definition) is 3. The third-order valence-corrected chi connectivity index (χ3v) is 7.21. The molecule has 0 spiro atoms. The summed E-state index contributed by atoms with van der Waals surface area (Å²) in [6.07, 6.45) is 3.89. The van der Waals surface area contributed by atoms with Crippen LogP contribution in [-0.4, -0.2) is 27.0 Å². The van der Waals surface area contributed by atoms with E-state index in [2.05, 4.69) is 19.9 Å². The number of aliphatic hydroxyl groups is 2. The van der Waals surface area contributed by atoms with E-state index >= 15 is 0 Å². The van der Waals surface area contributed by atoms with Crippen LogP contribution in [-0.2, 0) is 0 Å². The van der Waals surface area contributed by atoms with Crippen molar-refractivity contribution in [2.75, 3.05) is 0 Å². The zero-order chi connectivity index (χ0) is 15.7. The van der Waals surface area contributed by atoms with E-state index in [1.165, 1.54) is 11.1 Å². The summed E-state index contributed by atoms with van der Waals surface area (Å²) in [6.45, 7) is 4.27. The molecule has 2 saturated carbocycles. The summed E-state index contributed by atoms with van der Waals surface area (Å²) in [5, 5.41) is 31.8. The van der Waals surface area contributed by atoms with E-state index < -0.39 is 5.60 Å². The second kappa shape index (κ2) is 4.48. The number of benzene rings is 1. The van der Waals surface area contributed by atoms with Crippen LogP contribution in [0.15, 0.2) is 18.2 Å². The quantitative estimate of drug-likeness (QED) is 0.689. The van der Waals surface area contributed by atoms with E-state index in [1.807, 2.05) is 6.07 Å². The largest absolute Gasteiger partial charge is 0.508 e. The van der Waals surface area contributed by atoms with Crippen molar-refractivity contribution >= 4 is 0 Å². The normalized spacial score (nSPS) is 46.7. The Balaban J connectivity index is 1.81. The monoisotopic (exact) mass is 302 g/mol. The summed E-state index contributed by atoms with van der Waals surface area (Å²) in [6, 6.07) is 5.72. The molecular formula is C19H26O3. The maximum atomic E-state index is 11.5. The van der Waals surface area contributed by atoms with Crippen LogP contribution in [0.5, 0.6) is 5.75 Å². The molecule has 0 radical (unpaired) electrons. The van der Waals surface area contributed by atoms with Crippen LogP contribution >= 0.6 is 0 Å². The van der Waals surface area contributed by atoms with Crippen molar-refractivity contribution in [2.24, 2.45) is 11.3 Å². The van der Waals surface area contributed by atoms with E-state index in [-0.39, 0.29) is 17.4 Å². The molecule has 0 aliphatic heterocycles. The molecule has 120 valence electrons. The number of rotatable bonds is 0. The van der Waals surface area contributed by atoms with Gasteiger partial charge in [0, 0.05) is 5.41 Å². The molecule has 2 fully saturated rings. The molecule has 6 atom stereocenters. The van der Waals surface area contributed by atoms with Crippen molar-refractivity contribution in [3.05, 3.63) is 29.3 Å². The van der Waals surface area contributed by atoms with Gasteiger partial charge in [-0.05, 0) is 73.1 Å². The summed E-state index contributed by atoms with van der Waals surface area (Å²) >= 11 is 0. The zero-order valence-electron chi connectivity index (χ0n) is 13.4. The smallest absolute Gasteiger partial charge is 0.115 e. The van der Waals surface area contributed by atoms with Crippen molar-refractivity contribution in [3.8, 4) is 5.75 Å². The van der Waals surface area contributed by atoms with Gasteiger partial charge in [-0.15, -0.1) is 0 Å². The van der Waals surface area contributed by atoms with Gasteiger partial charge >= 0.3 is 0 Å². The molecule has 1 unspecified atom stereocenters. The Kier molecular flexibility index (Phi) is 2.96. The molecular weight excluding hydrogens is 276 g/mol. The molecule has 0 saturated heterocycles. The first-order chi connectivity index (χ1) is 10.4. The highest BCUT2D eigenvalue weighted by molar-refractivity contribution is 5.43. The fourth-order valence-electron chi connectivity index (χ4n) is 5.80. The highest BCUT2D eigenvalue weighted by atomic mass is 16.3. The number of fused-ring (bicyclic) bond motifs is 5. The lowest BCUT2D eigenvalue weighted by atomic mass is 9.52. The van der Waals surface area contributed by atoms with Crippen molar-refractivity contribution < 1.29 is 15.3 Å². The van der Waals surface area contributed by atoms with E-state index in [9.17, 15) is 15.3 Å². The molecule has 0 amide bonds. The molecule has 0 bridgehead atoms. The van der Waals surface area contributed by atoms with Crippen LogP contribution in [0.25, 0.3) is 0 Å². The second-order valence-electron chi connectivity index (χ2n) is 8.10. The number of aromatic hydroxyl groups is 1. The molecule has 22 heavy (non-hydrogen) atoms. The molecule has 3 aliphatic rings. The van der Waals surface area contributed by atoms with Gasteiger partial charge < -0.3 is 15.3 Å². The number of phenols is 1. The Hall–Kier alpha value is -1.06. The lowest BCUT2D eigenvalue weighted by Crippen LogP contribution is -2.57. The molecule has 3 aliphatic carbocycles. The zero-order valence-corrected chi connectivity index (χ0v) is 13.4. The summed E-state index contributed by atoms with van der Waals surface area (Å²) in [5.41, 5.74) is 1.44. The molecule has 3 heteroatoms. The first-order valence-electron chi connectivity index (χ1n) is 8.60. The average molecular weight is 302 g/mol. The van der Waals surface area contributed by atoms with Crippen molar-refractivity contribution in [1.29, 1.82) is 0 Å². The molecule has 4 rings (SSSR count). The maximum Gasteiger partial charge on any atom is 0.115 e. The van der Waals surface area contributed by atoms with Gasteiger partial charge in [0.25, 0.3) is 0 Å².